The summed E-state index contributed by atoms with van der Waals surface area (Å²) in [6.07, 6.45) is 9.43. The number of fused-ring (bicyclic) bond motifs is 45. The molecule has 0 amide bonds. The van der Waals surface area contributed by atoms with Crippen molar-refractivity contribution in [2.24, 2.45) is 302 Å². The quantitative estimate of drug-likeness (QED) is 0.0221. The van der Waals surface area contributed by atoms with Gasteiger partial charge in [0.15, 0.2) is 26.2 Å². The molecule has 24 heteroatoms. The fourth-order valence-corrected chi connectivity index (χ4v) is 36.5. The fraction of sp³-hybridized carbons (Fsp3) is 0.899. The Balaban J connectivity index is 0.000000114. The number of ether oxygens (including phenoxy) is 9. The van der Waals surface area contributed by atoms with Crippen LogP contribution in [0.15, 0.2) is 0 Å². The Morgan fingerprint density at radius 2 is 0.504 bits per heavy atom. The van der Waals surface area contributed by atoms with Gasteiger partial charge in [0.05, 0.1) is 65.8 Å². The summed E-state index contributed by atoms with van der Waals surface area (Å²) in [6, 6.07) is 0. The Kier molecular flexibility index (Phi) is 25.2. The van der Waals surface area contributed by atoms with Crippen molar-refractivity contribution in [1.82, 2.24) is 0 Å². The molecule has 0 heterocycles. The van der Waals surface area contributed by atoms with Gasteiger partial charge in [0.1, 0.15) is 5.60 Å². The summed E-state index contributed by atoms with van der Waals surface area (Å²) in [5.41, 5.74) is -0.558. The number of esters is 5. The highest BCUT2D eigenvalue weighted by molar-refractivity contribution is 5.86. The van der Waals surface area contributed by atoms with Gasteiger partial charge in [0, 0.05) is 20.3 Å². The Morgan fingerprint density at radius 1 is 0.293 bits per heavy atom. The maximum atomic E-state index is 13.0. The van der Waals surface area contributed by atoms with Crippen molar-refractivity contribution >= 4 is 59.7 Å². The summed E-state index contributed by atoms with van der Waals surface area (Å²) in [7, 11) is 1.47. The van der Waals surface area contributed by atoms with Crippen LogP contribution in [0.5, 0.6) is 0 Å². The van der Waals surface area contributed by atoms with Gasteiger partial charge in [0.25, 0.3) is 0 Å². The smallest absolute Gasteiger partial charge is 0.312 e. The zero-order chi connectivity index (χ0) is 88.8. The van der Waals surface area contributed by atoms with Crippen LogP contribution in [0.1, 0.15) is 196 Å². The minimum absolute atomic E-state index is 0.0663. The highest BCUT2D eigenvalue weighted by Gasteiger charge is 2.77. The molecule has 24 nitrogen and oxygen atoms in total. The van der Waals surface area contributed by atoms with E-state index in [0.29, 0.717) is 203 Å². The van der Waals surface area contributed by atoms with Gasteiger partial charge in [-0.3, -0.25) is 47.9 Å². The molecule has 0 spiro atoms. The second-order valence-electron chi connectivity index (χ2n) is 45.6. The minimum Gasteiger partial charge on any atom is -0.481 e. The SMILES string of the molecule is CC(C)COC(C)OC(=O)C1C2CC(C1C(=O)O)C1C3CC(C(C)C3C)C21.CC1C(C)C2CC1C1C3CC(C(C(=O)OC(C)(C)C)C3C(=O)O)C21.CCOC(C)OC(=O)C1C2CC(C1C(=O)O)C1C3CC(C(C)C3C)C21.CCOCOC(=O)C1C2CC(C1C(=O)O)C1C3CC(C(C)C3C)C21.COCOC(=O)C1C2CC(C1C(=O)O)C1C3CC(C(C)C3C)C21. The lowest BCUT2D eigenvalue weighted by molar-refractivity contribution is -0.190. The molecule has 0 aromatic rings. The van der Waals surface area contributed by atoms with Crippen molar-refractivity contribution in [3.63, 3.8) is 0 Å². The lowest BCUT2D eigenvalue weighted by atomic mass is 9.59. The van der Waals surface area contributed by atoms with Gasteiger partial charge >= 0.3 is 59.7 Å². The fourth-order valence-electron chi connectivity index (χ4n) is 36.5. The summed E-state index contributed by atoms with van der Waals surface area (Å²) in [4.78, 5) is 124. The number of carboxylic acid groups (broad SMARTS) is 5. The van der Waals surface area contributed by atoms with Crippen molar-refractivity contribution in [1.29, 1.82) is 0 Å². The molecule has 20 saturated carbocycles. The molecular formula is C99H148O24. The molecule has 688 valence electrons. The Labute approximate surface area is 728 Å². The standard InChI is InChI=1S/C22H34O5.C20H30O5.C20H30O4.C19H28O5.C18H26O5/c1-9(2)8-26-12(5)27-22(25)20-16-7-15(19(20)21(23)24)17-13-6-14(18(16)17)11(4)10(13)3;1-5-24-10(4)25-20(23)18-14-7-13(17(18)19(21)22)15-11-6-12(16(14)15)9(3)8(11)2;1-8-9(2)11-6-10(8)14-12-7-13(15(11)14)17(16(12)18(21)22)19(23)24-20(3,4)5;1-4-23-7-24-19(22)17-13-6-12(16(17)18(20)21)14-10-5-11(15(13)14)9(3)8(10)2;1-7-8(2)10-4-9(7)13-11-5-12(14(10)13)16(15(11)17(19)20)18(21)23-6-22-3/h9-20H,6-8H2,1-5H3,(H,23,24);8-18H,5-7H2,1-4H3,(H,21,22);8-17H,6-7H2,1-5H3,(H,21,22);8-17H,4-7H2,1-3H3,(H,20,21);7-16H,4-6H2,1-3H3,(H,19,20). The van der Waals surface area contributed by atoms with Crippen LogP contribution in [0.25, 0.3) is 0 Å². The van der Waals surface area contributed by atoms with Crippen molar-refractivity contribution in [3.8, 4) is 0 Å². The third-order valence-electron chi connectivity index (χ3n) is 40.6. The first-order valence-electron chi connectivity index (χ1n) is 48.5. The van der Waals surface area contributed by atoms with Gasteiger partial charge in [0.2, 0.25) is 0 Å². The van der Waals surface area contributed by atoms with Crippen LogP contribution in [-0.4, -0.2) is 144 Å². The number of hydrogen-bond donors (Lipinski definition) is 5. The maximum absolute atomic E-state index is 13.0. The average molecular weight is 1720 g/mol. The lowest BCUT2D eigenvalue weighted by Crippen LogP contribution is -2.48. The zero-order valence-electron chi connectivity index (χ0n) is 76.7. The van der Waals surface area contributed by atoms with Crippen LogP contribution in [0.4, 0.5) is 0 Å². The molecule has 0 saturated heterocycles. The highest BCUT2D eigenvalue weighted by atomic mass is 16.7. The number of rotatable bonds is 22. The molecule has 20 fully saturated rings. The summed E-state index contributed by atoms with van der Waals surface area (Å²) < 4.78 is 47.9. The molecule has 20 aliphatic rings. The van der Waals surface area contributed by atoms with Crippen molar-refractivity contribution in [2.45, 2.75) is 214 Å². The van der Waals surface area contributed by atoms with Gasteiger partial charge in [-0.25, -0.2) is 0 Å². The third kappa shape index (κ3) is 14.5. The molecule has 5 N–H and O–H groups in total. The van der Waals surface area contributed by atoms with Crippen LogP contribution in [0.2, 0.25) is 0 Å². The predicted molar refractivity (Wildman–Crippen MR) is 446 cm³/mol. The van der Waals surface area contributed by atoms with Crippen LogP contribution in [0, 0.1) is 302 Å². The lowest BCUT2D eigenvalue weighted by Gasteiger charge is -2.45. The van der Waals surface area contributed by atoms with E-state index in [1.807, 2.05) is 48.5 Å². The second-order valence-corrected chi connectivity index (χ2v) is 45.6. The predicted octanol–water partition coefficient (Wildman–Crippen LogP) is 15.1. The summed E-state index contributed by atoms with van der Waals surface area (Å²) in [5, 5.41) is 49.2. The number of carbonyl (C=O) groups is 10. The van der Waals surface area contributed by atoms with E-state index in [-0.39, 0.29) is 103 Å². The molecule has 52 unspecified atom stereocenters. The summed E-state index contributed by atoms with van der Waals surface area (Å²) in [5.74, 6) is 9.95. The number of aliphatic carboxylic acids is 5. The molecule has 20 rings (SSSR count). The zero-order valence-corrected chi connectivity index (χ0v) is 76.7. The molecule has 52 atom stereocenters. The van der Waals surface area contributed by atoms with Gasteiger partial charge < -0.3 is 68.2 Å². The maximum Gasteiger partial charge on any atom is 0.312 e. The van der Waals surface area contributed by atoms with Crippen molar-refractivity contribution in [2.75, 3.05) is 40.5 Å². The van der Waals surface area contributed by atoms with Gasteiger partial charge in [-0.2, -0.15) is 0 Å². The average Bonchev–Trinajstić information content (AvgIpc) is 1.55. The van der Waals surface area contributed by atoms with E-state index in [2.05, 4.69) is 69.2 Å². The molecule has 0 aromatic heterocycles. The van der Waals surface area contributed by atoms with E-state index in [1.54, 1.807) is 13.8 Å². The van der Waals surface area contributed by atoms with E-state index >= 15 is 0 Å². The van der Waals surface area contributed by atoms with Crippen LogP contribution in [-0.2, 0) is 90.6 Å². The molecule has 20 bridgehead atoms. The number of hydrogen-bond acceptors (Lipinski definition) is 19. The van der Waals surface area contributed by atoms with E-state index < -0.39 is 107 Å². The molecule has 0 aliphatic heterocycles. The first kappa shape index (κ1) is 90.9. The van der Waals surface area contributed by atoms with E-state index in [1.165, 1.54) is 39.2 Å². The largest absolute Gasteiger partial charge is 0.481 e. The van der Waals surface area contributed by atoms with E-state index in [9.17, 15) is 73.5 Å². The molecular weight excluding hydrogens is 1570 g/mol. The molecule has 123 heavy (non-hydrogen) atoms. The Hall–Kier alpha value is -5.46. The Bertz CT molecular complexity index is 4000. The molecule has 0 radical (unpaired) electrons. The van der Waals surface area contributed by atoms with Gasteiger partial charge in [-0.15, -0.1) is 0 Å². The Morgan fingerprint density at radius 3 is 0.715 bits per heavy atom. The second kappa shape index (κ2) is 34.1. The molecule has 20 aliphatic carbocycles. The van der Waals surface area contributed by atoms with Crippen molar-refractivity contribution in [3.05, 3.63) is 0 Å². The van der Waals surface area contributed by atoms with E-state index in [0.717, 1.165) is 32.1 Å². The van der Waals surface area contributed by atoms with Crippen LogP contribution < -0.4 is 0 Å². The van der Waals surface area contributed by atoms with E-state index in [4.69, 9.17) is 42.6 Å². The summed E-state index contributed by atoms with van der Waals surface area (Å²) >= 11 is 0. The van der Waals surface area contributed by atoms with Gasteiger partial charge in [-0.1, -0.05) is 83.1 Å². The van der Waals surface area contributed by atoms with Crippen LogP contribution >= 0.6 is 0 Å². The number of methoxy groups -OCH3 is 1. The third-order valence-corrected chi connectivity index (χ3v) is 40.6. The molecule has 0 aromatic carbocycles. The first-order chi connectivity index (χ1) is 58.1. The normalized spacial score (nSPS) is 50.7. The van der Waals surface area contributed by atoms with Crippen LogP contribution in [0.3, 0.4) is 0 Å². The highest BCUT2D eigenvalue weighted by Crippen LogP contribution is 2.79. The topological polar surface area (TPSA) is 355 Å². The summed E-state index contributed by atoms with van der Waals surface area (Å²) in [6.45, 7) is 41.5. The van der Waals surface area contributed by atoms with Gasteiger partial charge in [-0.05, 0) is 355 Å². The van der Waals surface area contributed by atoms with Crippen molar-refractivity contribution < 1.29 is 116 Å². The minimum atomic E-state index is -0.821. The first-order valence-corrected chi connectivity index (χ1v) is 48.5. The monoisotopic (exact) mass is 1720 g/mol. The number of carboxylic acids is 5. The number of carbonyl (C=O) groups excluding carboxylic acids is 5.